The lowest BCUT2D eigenvalue weighted by Gasteiger charge is -2.37. The minimum Gasteiger partial charge on any atom is -0.341 e. The highest BCUT2D eigenvalue weighted by molar-refractivity contribution is 7.09. The number of rotatable bonds is 3. The zero-order valence-electron chi connectivity index (χ0n) is 12.4. The number of carbonyl (C=O) groups is 2. The molecule has 0 aliphatic carbocycles. The lowest BCUT2D eigenvalue weighted by atomic mass is 10.0. The van der Waals surface area contributed by atoms with E-state index in [1.807, 2.05) is 22.1 Å². The van der Waals surface area contributed by atoms with Crippen molar-refractivity contribution in [3.8, 4) is 0 Å². The average Bonchev–Trinajstić information content (AvgIpc) is 3.08. The van der Waals surface area contributed by atoms with Gasteiger partial charge in [-0.15, -0.1) is 11.3 Å². The fourth-order valence-electron chi connectivity index (χ4n) is 3.22. The normalized spacial score (nSPS) is 22.9. The van der Waals surface area contributed by atoms with Crippen molar-refractivity contribution in [3.05, 3.63) is 16.1 Å². The van der Waals surface area contributed by atoms with Crippen molar-refractivity contribution in [2.75, 3.05) is 19.6 Å². The summed E-state index contributed by atoms with van der Waals surface area (Å²) >= 11 is 1.51. The van der Waals surface area contributed by atoms with Gasteiger partial charge in [0.25, 0.3) is 5.91 Å². The van der Waals surface area contributed by atoms with E-state index in [1.54, 1.807) is 0 Å². The van der Waals surface area contributed by atoms with Crippen molar-refractivity contribution in [2.45, 2.75) is 45.1 Å². The van der Waals surface area contributed by atoms with Crippen LogP contribution in [0.15, 0.2) is 5.38 Å². The van der Waals surface area contributed by atoms with Gasteiger partial charge in [0, 0.05) is 37.5 Å². The summed E-state index contributed by atoms with van der Waals surface area (Å²) in [4.78, 5) is 32.6. The van der Waals surface area contributed by atoms with Crippen LogP contribution >= 0.6 is 11.3 Å². The molecule has 1 aromatic rings. The van der Waals surface area contributed by atoms with Gasteiger partial charge in [-0.3, -0.25) is 9.59 Å². The number of carbonyl (C=O) groups excluding carboxylic acids is 2. The molecule has 1 aromatic heterocycles. The van der Waals surface area contributed by atoms with Crippen molar-refractivity contribution in [1.29, 1.82) is 0 Å². The summed E-state index contributed by atoms with van der Waals surface area (Å²) in [6.45, 7) is 4.22. The number of hydrogen-bond donors (Lipinski definition) is 0. The number of piperidine rings is 1. The maximum absolute atomic E-state index is 12.6. The zero-order chi connectivity index (χ0) is 14.8. The van der Waals surface area contributed by atoms with Crippen molar-refractivity contribution in [1.82, 2.24) is 14.8 Å². The smallest absolute Gasteiger partial charge is 0.273 e. The standard InChI is InChI=1S/C15H21N3O2S/c1-11-16-13(10-21-11)15(20)18-8-3-2-5-12(18)9-17-7-4-6-14(17)19/h10,12H,2-9H2,1H3/t12-/m0/s1. The molecule has 2 saturated heterocycles. The first kappa shape index (κ1) is 14.5. The molecule has 0 saturated carbocycles. The minimum atomic E-state index is 0.0238. The molecule has 1 atom stereocenters. The van der Waals surface area contributed by atoms with Crippen molar-refractivity contribution in [3.63, 3.8) is 0 Å². The third-order valence-electron chi connectivity index (χ3n) is 4.33. The van der Waals surface area contributed by atoms with E-state index >= 15 is 0 Å². The van der Waals surface area contributed by atoms with Gasteiger partial charge in [-0.05, 0) is 32.6 Å². The fourth-order valence-corrected chi connectivity index (χ4v) is 3.80. The first-order valence-electron chi connectivity index (χ1n) is 7.66. The number of amides is 2. The lowest BCUT2D eigenvalue weighted by molar-refractivity contribution is -0.128. The van der Waals surface area contributed by atoms with Crippen LogP contribution in [0.4, 0.5) is 0 Å². The highest BCUT2D eigenvalue weighted by Gasteiger charge is 2.32. The summed E-state index contributed by atoms with van der Waals surface area (Å²) in [6, 6.07) is 0.148. The second-order valence-corrected chi connectivity index (χ2v) is 6.91. The summed E-state index contributed by atoms with van der Waals surface area (Å²) in [7, 11) is 0. The molecule has 0 unspecified atom stereocenters. The predicted octanol–water partition coefficient (Wildman–Crippen LogP) is 2.07. The Bertz CT molecular complexity index is 543. The van der Waals surface area contributed by atoms with Gasteiger partial charge in [0.05, 0.1) is 5.01 Å². The van der Waals surface area contributed by atoms with Crippen LogP contribution in [-0.2, 0) is 4.79 Å². The summed E-state index contributed by atoms with van der Waals surface area (Å²) in [5, 5.41) is 2.76. The van der Waals surface area contributed by atoms with Crippen LogP contribution in [-0.4, -0.2) is 52.3 Å². The molecule has 3 heterocycles. The van der Waals surface area contributed by atoms with Gasteiger partial charge in [-0.2, -0.15) is 0 Å². The van der Waals surface area contributed by atoms with Crippen LogP contribution in [0.3, 0.4) is 0 Å². The molecule has 0 radical (unpaired) electrons. The van der Waals surface area contributed by atoms with Crippen LogP contribution in [0.2, 0.25) is 0 Å². The molecule has 5 nitrogen and oxygen atoms in total. The molecule has 0 N–H and O–H groups in total. The Balaban J connectivity index is 1.71. The summed E-state index contributed by atoms with van der Waals surface area (Å²) in [5.74, 6) is 0.258. The number of aryl methyl sites for hydroxylation is 1. The first-order chi connectivity index (χ1) is 10.1. The maximum atomic E-state index is 12.6. The number of thiazole rings is 1. The van der Waals surface area contributed by atoms with Gasteiger partial charge in [0.2, 0.25) is 5.91 Å². The van der Waals surface area contributed by atoms with E-state index in [4.69, 9.17) is 0 Å². The van der Waals surface area contributed by atoms with Crippen molar-refractivity contribution in [2.24, 2.45) is 0 Å². The number of aromatic nitrogens is 1. The van der Waals surface area contributed by atoms with Gasteiger partial charge in [-0.1, -0.05) is 0 Å². The van der Waals surface area contributed by atoms with Crippen LogP contribution in [0.5, 0.6) is 0 Å². The molecule has 0 spiro atoms. The Morgan fingerprint density at radius 1 is 1.38 bits per heavy atom. The molecule has 0 bridgehead atoms. The topological polar surface area (TPSA) is 53.5 Å². The second-order valence-electron chi connectivity index (χ2n) is 5.84. The molecule has 3 rings (SSSR count). The Morgan fingerprint density at radius 2 is 2.24 bits per heavy atom. The molecular formula is C15H21N3O2S. The second kappa shape index (κ2) is 6.13. The summed E-state index contributed by atoms with van der Waals surface area (Å²) in [5.41, 5.74) is 0.553. The summed E-state index contributed by atoms with van der Waals surface area (Å²) < 4.78 is 0. The Labute approximate surface area is 129 Å². The Morgan fingerprint density at radius 3 is 2.90 bits per heavy atom. The van der Waals surface area contributed by atoms with Crippen LogP contribution < -0.4 is 0 Å². The molecule has 21 heavy (non-hydrogen) atoms. The summed E-state index contributed by atoms with van der Waals surface area (Å²) in [6.07, 6.45) is 4.77. The van der Waals surface area contributed by atoms with E-state index in [-0.39, 0.29) is 17.9 Å². The average molecular weight is 307 g/mol. The Hall–Kier alpha value is -1.43. The molecule has 6 heteroatoms. The zero-order valence-corrected chi connectivity index (χ0v) is 13.2. The SMILES string of the molecule is Cc1nc(C(=O)N2CCCC[C@H]2CN2CCCC2=O)cs1. The van der Waals surface area contributed by atoms with E-state index in [0.29, 0.717) is 18.7 Å². The molecule has 2 aliphatic heterocycles. The van der Waals surface area contributed by atoms with Crippen LogP contribution in [0.25, 0.3) is 0 Å². The van der Waals surface area contributed by atoms with Crippen molar-refractivity contribution >= 4 is 23.2 Å². The van der Waals surface area contributed by atoms with Gasteiger partial charge in [0.1, 0.15) is 5.69 Å². The maximum Gasteiger partial charge on any atom is 0.273 e. The number of likely N-dealkylation sites (tertiary alicyclic amines) is 2. The molecule has 2 aliphatic rings. The van der Waals surface area contributed by atoms with E-state index in [9.17, 15) is 9.59 Å². The fraction of sp³-hybridized carbons (Fsp3) is 0.667. The predicted molar refractivity (Wildman–Crippen MR) is 81.3 cm³/mol. The van der Waals surface area contributed by atoms with Crippen molar-refractivity contribution < 1.29 is 9.59 Å². The first-order valence-corrected chi connectivity index (χ1v) is 8.54. The van der Waals surface area contributed by atoms with Gasteiger partial charge in [0.15, 0.2) is 0 Å². The van der Waals surface area contributed by atoms with E-state index in [0.717, 1.165) is 43.8 Å². The molecule has 114 valence electrons. The molecule has 2 fully saturated rings. The van der Waals surface area contributed by atoms with E-state index in [2.05, 4.69) is 4.98 Å². The lowest BCUT2D eigenvalue weighted by Crippen LogP contribution is -2.49. The highest BCUT2D eigenvalue weighted by atomic mass is 32.1. The third kappa shape index (κ3) is 3.10. The van der Waals surface area contributed by atoms with Crippen LogP contribution in [0.1, 0.15) is 47.6 Å². The van der Waals surface area contributed by atoms with E-state index in [1.165, 1.54) is 11.3 Å². The highest BCUT2D eigenvalue weighted by Crippen LogP contribution is 2.23. The van der Waals surface area contributed by atoms with Gasteiger partial charge in [-0.25, -0.2) is 4.98 Å². The van der Waals surface area contributed by atoms with Gasteiger partial charge >= 0.3 is 0 Å². The van der Waals surface area contributed by atoms with Crippen LogP contribution in [0, 0.1) is 6.92 Å². The quantitative estimate of drug-likeness (QED) is 0.859. The number of hydrogen-bond acceptors (Lipinski definition) is 4. The third-order valence-corrected chi connectivity index (χ3v) is 5.10. The van der Waals surface area contributed by atoms with E-state index < -0.39 is 0 Å². The Kier molecular flexibility index (Phi) is 4.24. The largest absolute Gasteiger partial charge is 0.341 e. The number of nitrogens with zero attached hydrogens (tertiary/aromatic N) is 3. The monoisotopic (exact) mass is 307 g/mol. The minimum absolute atomic E-state index is 0.0238. The molecule has 0 aromatic carbocycles. The molecule has 2 amide bonds. The van der Waals surface area contributed by atoms with Gasteiger partial charge < -0.3 is 9.80 Å². The molecular weight excluding hydrogens is 286 g/mol.